The molecule has 2 atom stereocenters. The third kappa shape index (κ3) is 47.7. The Labute approximate surface area is 382 Å². The topological polar surface area (TPSA) is 111 Å². The van der Waals surface area contributed by atoms with Crippen LogP contribution in [0.2, 0.25) is 0 Å². The van der Waals surface area contributed by atoms with Crippen molar-refractivity contribution in [1.29, 1.82) is 0 Å². The zero-order valence-corrected chi connectivity index (χ0v) is 42.0. The van der Waals surface area contributed by atoms with E-state index >= 15 is 0 Å². The maximum Gasteiger partial charge on any atom is 0.306 e. The van der Waals surface area contributed by atoms with Gasteiger partial charge in [-0.1, -0.05) is 204 Å². The normalized spacial score (nSPS) is 13.7. The average molecular weight is 896 g/mol. The number of ether oxygens (including phenoxy) is 2. The molecule has 0 radical (unpaired) electrons. The highest BCUT2D eigenvalue weighted by Crippen LogP contribution is 2.38. The van der Waals surface area contributed by atoms with Gasteiger partial charge < -0.3 is 27.9 Å². The molecule has 0 aliphatic carbocycles. The molecule has 0 aromatic carbocycles. The van der Waals surface area contributed by atoms with Gasteiger partial charge in [0.15, 0.2) is 6.10 Å². The summed E-state index contributed by atoms with van der Waals surface area (Å²) in [7, 11) is 1.17. The molecular formula is C52H98NO8P. The van der Waals surface area contributed by atoms with E-state index in [1.165, 1.54) is 141 Å². The highest BCUT2D eigenvalue weighted by molar-refractivity contribution is 7.45. The standard InChI is InChI=1S/C52H98NO8P/c1-6-8-10-12-13-14-15-16-17-18-19-20-21-22-23-24-25-26-27-28-29-30-31-32-33-34-35-36-37-38-39-41-43-45-52(55)61-50(48-58-51(54)44-42-40-11-9-7-2)49-60-62(56,57)59-47-46-53(3,4)5/h15-16,18-19,21-22,50H,6-14,17,20,23-49H2,1-5H3/b16-15-,19-18-,22-21-. The minimum absolute atomic E-state index is 0.0292. The number of carbonyl (C=O) groups is 2. The van der Waals surface area contributed by atoms with Gasteiger partial charge in [-0.2, -0.15) is 0 Å². The minimum Gasteiger partial charge on any atom is -0.756 e. The van der Waals surface area contributed by atoms with Crippen molar-refractivity contribution in [2.45, 2.75) is 238 Å². The molecule has 62 heavy (non-hydrogen) atoms. The lowest BCUT2D eigenvalue weighted by Gasteiger charge is -2.28. The van der Waals surface area contributed by atoms with E-state index in [0.717, 1.165) is 57.8 Å². The number of unbranched alkanes of at least 4 members (excludes halogenated alkanes) is 27. The first kappa shape index (κ1) is 60.2. The van der Waals surface area contributed by atoms with Gasteiger partial charge in [0.05, 0.1) is 27.7 Å². The number of quaternary nitrogens is 1. The summed E-state index contributed by atoms with van der Waals surface area (Å²) in [6.45, 7) is 4.13. The number of allylic oxidation sites excluding steroid dienone is 6. The average Bonchev–Trinajstić information content (AvgIpc) is 3.22. The molecular weight excluding hydrogens is 798 g/mol. The molecule has 0 aromatic heterocycles. The summed E-state index contributed by atoms with van der Waals surface area (Å²) < 4.78 is 33.7. The Hall–Kier alpha value is -1.77. The maximum atomic E-state index is 12.6. The molecule has 0 aliphatic heterocycles. The Kier molecular flexibility index (Phi) is 43.2. The Morgan fingerprint density at radius 3 is 1.29 bits per heavy atom. The van der Waals surface area contributed by atoms with Crippen LogP contribution in [0.3, 0.4) is 0 Å². The van der Waals surface area contributed by atoms with E-state index in [1.807, 2.05) is 21.1 Å². The number of phosphoric ester groups is 1. The fourth-order valence-electron chi connectivity index (χ4n) is 7.13. The van der Waals surface area contributed by atoms with Crippen LogP contribution in [0, 0.1) is 0 Å². The van der Waals surface area contributed by atoms with E-state index < -0.39 is 32.5 Å². The zero-order chi connectivity index (χ0) is 45.7. The van der Waals surface area contributed by atoms with Crippen LogP contribution in [0.5, 0.6) is 0 Å². The fraction of sp³-hybridized carbons (Fsp3) is 0.846. The van der Waals surface area contributed by atoms with E-state index in [9.17, 15) is 19.0 Å². The van der Waals surface area contributed by atoms with Gasteiger partial charge in [-0.15, -0.1) is 0 Å². The molecule has 0 saturated carbocycles. The van der Waals surface area contributed by atoms with Crippen molar-refractivity contribution >= 4 is 19.8 Å². The first-order valence-corrected chi connectivity index (χ1v) is 27.2. The van der Waals surface area contributed by atoms with Crippen molar-refractivity contribution < 1.29 is 42.1 Å². The summed E-state index contributed by atoms with van der Waals surface area (Å²) in [5.41, 5.74) is 0. The summed E-state index contributed by atoms with van der Waals surface area (Å²) in [5, 5.41) is 0. The van der Waals surface area contributed by atoms with E-state index in [-0.39, 0.29) is 26.1 Å². The van der Waals surface area contributed by atoms with Crippen molar-refractivity contribution in [2.75, 3.05) is 47.5 Å². The Balaban J connectivity index is 3.86. The van der Waals surface area contributed by atoms with E-state index in [4.69, 9.17) is 18.5 Å². The molecule has 0 bridgehead atoms. The molecule has 0 saturated heterocycles. The third-order valence-electron chi connectivity index (χ3n) is 11.2. The van der Waals surface area contributed by atoms with Gasteiger partial charge in [-0.3, -0.25) is 14.2 Å². The predicted octanol–water partition coefficient (Wildman–Crippen LogP) is 14.6. The van der Waals surface area contributed by atoms with Crippen LogP contribution in [-0.2, 0) is 32.7 Å². The van der Waals surface area contributed by atoms with Crippen LogP contribution < -0.4 is 4.89 Å². The van der Waals surface area contributed by atoms with E-state index in [2.05, 4.69) is 50.3 Å². The number of rotatable bonds is 47. The van der Waals surface area contributed by atoms with Gasteiger partial charge in [0, 0.05) is 12.8 Å². The van der Waals surface area contributed by atoms with Crippen LogP contribution in [-0.4, -0.2) is 70.0 Å². The monoisotopic (exact) mass is 896 g/mol. The Bertz CT molecular complexity index is 1150. The summed E-state index contributed by atoms with van der Waals surface area (Å²) in [6.07, 6.45) is 52.5. The molecule has 0 N–H and O–H groups in total. The van der Waals surface area contributed by atoms with Crippen LogP contribution in [0.1, 0.15) is 232 Å². The number of hydrogen-bond acceptors (Lipinski definition) is 8. The summed E-state index contributed by atoms with van der Waals surface area (Å²) in [4.78, 5) is 37.2. The van der Waals surface area contributed by atoms with Gasteiger partial charge in [0.25, 0.3) is 7.82 Å². The lowest BCUT2D eigenvalue weighted by atomic mass is 10.0. The molecule has 0 rings (SSSR count). The molecule has 0 aromatic rings. The maximum absolute atomic E-state index is 12.6. The molecule has 0 amide bonds. The number of hydrogen-bond donors (Lipinski definition) is 0. The highest BCUT2D eigenvalue weighted by Gasteiger charge is 2.21. The summed E-state index contributed by atoms with van der Waals surface area (Å²) in [6, 6.07) is 0. The van der Waals surface area contributed by atoms with Crippen molar-refractivity contribution in [2.24, 2.45) is 0 Å². The van der Waals surface area contributed by atoms with Gasteiger partial charge in [-0.25, -0.2) is 0 Å². The van der Waals surface area contributed by atoms with Crippen LogP contribution in [0.25, 0.3) is 0 Å². The van der Waals surface area contributed by atoms with Crippen LogP contribution in [0.15, 0.2) is 36.5 Å². The Morgan fingerprint density at radius 1 is 0.500 bits per heavy atom. The van der Waals surface area contributed by atoms with E-state index in [1.54, 1.807) is 0 Å². The van der Waals surface area contributed by atoms with Crippen molar-refractivity contribution in [3.63, 3.8) is 0 Å². The lowest BCUT2D eigenvalue weighted by Crippen LogP contribution is -2.37. The first-order valence-electron chi connectivity index (χ1n) is 25.7. The van der Waals surface area contributed by atoms with Crippen molar-refractivity contribution in [1.82, 2.24) is 0 Å². The molecule has 0 aliphatic rings. The van der Waals surface area contributed by atoms with Crippen LogP contribution >= 0.6 is 7.82 Å². The molecule has 0 heterocycles. The smallest absolute Gasteiger partial charge is 0.306 e. The van der Waals surface area contributed by atoms with Crippen molar-refractivity contribution in [3.8, 4) is 0 Å². The van der Waals surface area contributed by atoms with Crippen LogP contribution in [0.4, 0.5) is 0 Å². The lowest BCUT2D eigenvalue weighted by molar-refractivity contribution is -0.870. The number of nitrogens with zero attached hydrogens (tertiary/aromatic N) is 1. The fourth-order valence-corrected chi connectivity index (χ4v) is 7.86. The summed E-state index contributed by atoms with van der Waals surface area (Å²) in [5.74, 6) is -0.841. The SMILES string of the molecule is CCCCCCC/C=C\C/C=C\C/C=C\CCCCCCCCCCCCCCCCCCCCC(=O)OC(COC(=O)CCCCCCC)COP(=O)([O-])OCC[N+](C)(C)C. The van der Waals surface area contributed by atoms with Gasteiger partial charge in [0.2, 0.25) is 0 Å². The molecule has 364 valence electrons. The third-order valence-corrected chi connectivity index (χ3v) is 12.1. The molecule has 0 fully saturated rings. The van der Waals surface area contributed by atoms with E-state index in [0.29, 0.717) is 17.4 Å². The second-order valence-electron chi connectivity index (χ2n) is 18.5. The number of esters is 2. The summed E-state index contributed by atoms with van der Waals surface area (Å²) >= 11 is 0. The second kappa shape index (κ2) is 44.4. The van der Waals surface area contributed by atoms with Gasteiger partial charge >= 0.3 is 11.9 Å². The minimum atomic E-state index is -4.61. The quantitative estimate of drug-likeness (QED) is 0.0195. The first-order chi connectivity index (χ1) is 30.0. The zero-order valence-electron chi connectivity index (χ0n) is 41.1. The molecule has 0 spiro atoms. The second-order valence-corrected chi connectivity index (χ2v) is 20.0. The highest BCUT2D eigenvalue weighted by atomic mass is 31.2. The Morgan fingerprint density at radius 2 is 0.871 bits per heavy atom. The van der Waals surface area contributed by atoms with Crippen molar-refractivity contribution in [3.05, 3.63) is 36.5 Å². The molecule has 9 nitrogen and oxygen atoms in total. The number of carbonyl (C=O) groups excluding carboxylic acids is 2. The largest absolute Gasteiger partial charge is 0.756 e. The number of likely N-dealkylation sites (N-methyl/N-ethyl adjacent to an activating group) is 1. The number of phosphoric acid groups is 1. The van der Waals surface area contributed by atoms with Gasteiger partial charge in [0.1, 0.15) is 19.8 Å². The van der Waals surface area contributed by atoms with Gasteiger partial charge in [-0.05, 0) is 51.4 Å². The molecule has 2 unspecified atom stereocenters. The predicted molar refractivity (Wildman–Crippen MR) is 259 cm³/mol. The molecule has 10 heteroatoms.